The zero-order valence-corrected chi connectivity index (χ0v) is 12.8. The maximum Gasteiger partial charge on any atom is 0.119 e. The highest BCUT2D eigenvalue weighted by atomic mass is 32.2. The summed E-state index contributed by atoms with van der Waals surface area (Å²) in [5.41, 5.74) is 1.27. The molecule has 2 aromatic rings. The summed E-state index contributed by atoms with van der Waals surface area (Å²) < 4.78 is 5.57. The molecular formula is C17H21NOS. The first-order chi connectivity index (χ1) is 9.83. The van der Waals surface area contributed by atoms with Crippen molar-refractivity contribution >= 4 is 11.8 Å². The van der Waals surface area contributed by atoms with Gasteiger partial charge in [-0.3, -0.25) is 0 Å². The Morgan fingerprint density at radius 2 is 1.90 bits per heavy atom. The van der Waals surface area contributed by atoms with E-state index in [9.17, 15) is 0 Å². The van der Waals surface area contributed by atoms with Gasteiger partial charge in [0.15, 0.2) is 0 Å². The topological polar surface area (TPSA) is 21.3 Å². The third kappa shape index (κ3) is 4.29. The molecule has 20 heavy (non-hydrogen) atoms. The van der Waals surface area contributed by atoms with Crippen LogP contribution in [0.15, 0.2) is 59.5 Å². The summed E-state index contributed by atoms with van der Waals surface area (Å²) in [4.78, 5) is 1.30. The first-order valence-electron chi connectivity index (χ1n) is 6.91. The molecule has 0 radical (unpaired) electrons. The van der Waals surface area contributed by atoms with Gasteiger partial charge in [-0.25, -0.2) is 0 Å². The molecular weight excluding hydrogens is 266 g/mol. The standard InChI is InChI=1S/C17H21NOS/c1-3-19-15-9-7-8-14(12-15)17(18-2)13-20-16-10-5-4-6-11-16/h4-12,17-18H,3,13H2,1-2H3. The fraction of sp³-hybridized carbons (Fsp3) is 0.294. The second-order valence-electron chi connectivity index (χ2n) is 4.47. The highest BCUT2D eigenvalue weighted by Crippen LogP contribution is 2.26. The maximum absolute atomic E-state index is 5.57. The van der Waals surface area contributed by atoms with E-state index in [4.69, 9.17) is 4.74 Å². The van der Waals surface area contributed by atoms with Crippen LogP contribution in [0.5, 0.6) is 5.75 Å². The van der Waals surface area contributed by atoms with E-state index < -0.39 is 0 Å². The SMILES string of the molecule is CCOc1cccc(C(CSc2ccccc2)NC)c1. The van der Waals surface area contributed by atoms with Crippen molar-refractivity contribution in [2.75, 3.05) is 19.4 Å². The summed E-state index contributed by atoms with van der Waals surface area (Å²) in [5, 5.41) is 3.38. The molecule has 1 unspecified atom stereocenters. The molecule has 0 heterocycles. The average Bonchev–Trinajstić information content (AvgIpc) is 2.50. The molecule has 0 aromatic heterocycles. The third-order valence-electron chi connectivity index (χ3n) is 3.08. The lowest BCUT2D eigenvalue weighted by atomic mass is 10.1. The lowest BCUT2D eigenvalue weighted by molar-refractivity contribution is 0.339. The second-order valence-corrected chi connectivity index (χ2v) is 5.56. The minimum absolute atomic E-state index is 0.320. The average molecular weight is 287 g/mol. The smallest absolute Gasteiger partial charge is 0.119 e. The van der Waals surface area contributed by atoms with Crippen molar-refractivity contribution in [2.24, 2.45) is 0 Å². The fourth-order valence-corrected chi connectivity index (χ4v) is 3.10. The molecule has 2 rings (SSSR count). The van der Waals surface area contributed by atoms with Crippen LogP contribution in [0.4, 0.5) is 0 Å². The molecule has 0 bridgehead atoms. The van der Waals surface area contributed by atoms with E-state index in [2.05, 4.69) is 47.8 Å². The molecule has 0 saturated carbocycles. The van der Waals surface area contributed by atoms with Gasteiger partial charge in [0.05, 0.1) is 6.61 Å². The fourth-order valence-electron chi connectivity index (χ4n) is 2.03. The molecule has 1 atom stereocenters. The minimum Gasteiger partial charge on any atom is -0.494 e. The van der Waals surface area contributed by atoms with Gasteiger partial charge >= 0.3 is 0 Å². The number of rotatable bonds is 7. The number of ether oxygens (including phenoxy) is 1. The zero-order chi connectivity index (χ0) is 14.2. The molecule has 106 valence electrons. The summed E-state index contributed by atoms with van der Waals surface area (Å²) in [5.74, 6) is 1.94. The van der Waals surface area contributed by atoms with Gasteiger partial charge in [-0.15, -0.1) is 11.8 Å². The molecule has 1 N–H and O–H groups in total. The second kappa shape index (κ2) is 7.98. The van der Waals surface area contributed by atoms with E-state index in [0.717, 1.165) is 11.5 Å². The van der Waals surface area contributed by atoms with Crippen molar-refractivity contribution in [3.05, 3.63) is 60.2 Å². The Morgan fingerprint density at radius 3 is 2.60 bits per heavy atom. The molecule has 0 aliphatic heterocycles. The highest BCUT2D eigenvalue weighted by Gasteiger charge is 2.10. The Bertz CT molecular complexity index is 515. The van der Waals surface area contributed by atoms with E-state index in [1.807, 2.05) is 37.9 Å². The number of thioether (sulfide) groups is 1. The summed E-state index contributed by atoms with van der Waals surface area (Å²) in [6.45, 7) is 2.71. The predicted octanol–water partition coefficient (Wildman–Crippen LogP) is 4.14. The normalized spacial score (nSPS) is 12.1. The van der Waals surface area contributed by atoms with Gasteiger partial charge in [0.25, 0.3) is 0 Å². The maximum atomic E-state index is 5.57. The van der Waals surface area contributed by atoms with Crippen molar-refractivity contribution in [1.82, 2.24) is 5.32 Å². The van der Waals surface area contributed by atoms with E-state index in [0.29, 0.717) is 12.6 Å². The first-order valence-corrected chi connectivity index (χ1v) is 7.90. The molecule has 0 aliphatic carbocycles. The largest absolute Gasteiger partial charge is 0.494 e. The Hall–Kier alpha value is -1.45. The highest BCUT2D eigenvalue weighted by molar-refractivity contribution is 7.99. The Kier molecular flexibility index (Phi) is 5.96. The molecule has 0 spiro atoms. The zero-order valence-electron chi connectivity index (χ0n) is 12.0. The van der Waals surface area contributed by atoms with E-state index in [1.54, 1.807) is 0 Å². The summed E-state index contributed by atoms with van der Waals surface area (Å²) in [6, 6.07) is 19.1. The molecule has 0 aliphatic rings. The van der Waals surface area contributed by atoms with Gasteiger partial charge in [-0.1, -0.05) is 30.3 Å². The van der Waals surface area contributed by atoms with E-state index in [1.165, 1.54) is 10.5 Å². The molecule has 2 aromatic carbocycles. The van der Waals surface area contributed by atoms with Crippen LogP contribution < -0.4 is 10.1 Å². The van der Waals surface area contributed by atoms with Crippen LogP contribution in [-0.2, 0) is 0 Å². The van der Waals surface area contributed by atoms with Gasteiger partial charge in [-0.05, 0) is 43.8 Å². The monoisotopic (exact) mass is 287 g/mol. The van der Waals surface area contributed by atoms with Crippen LogP contribution in [0.2, 0.25) is 0 Å². The summed E-state index contributed by atoms with van der Waals surface area (Å²) in [7, 11) is 2.00. The van der Waals surface area contributed by atoms with E-state index in [-0.39, 0.29) is 0 Å². The number of hydrogen-bond donors (Lipinski definition) is 1. The lowest BCUT2D eigenvalue weighted by Gasteiger charge is -2.17. The van der Waals surface area contributed by atoms with Crippen molar-refractivity contribution in [2.45, 2.75) is 17.9 Å². The lowest BCUT2D eigenvalue weighted by Crippen LogP contribution is -2.18. The van der Waals surface area contributed by atoms with Crippen molar-refractivity contribution in [1.29, 1.82) is 0 Å². The minimum atomic E-state index is 0.320. The number of hydrogen-bond acceptors (Lipinski definition) is 3. The van der Waals surface area contributed by atoms with E-state index >= 15 is 0 Å². The van der Waals surface area contributed by atoms with Crippen LogP contribution in [0.3, 0.4) is 0 Å². The quantitative estimate of drug-likeness (QED) is 0.773. The number of benzene rings is 2. The molecule has 0 saturated heterocycles. The van der Waals surface area contributed by atoms with Crippen molar-refractivity contribution < 1.29 is 4.74 Å². The molecule has 0 amide bonds. The molecule has 0 fully saturated rings. The van der Waals surface area contributed by atoms with Gasteiger partial charge in [-0.2, -0.15) is 0 Å². The van der Waals surface area contributed by atoms with Gasteiger partial charge in [0.2, 0.25) is 0 Å². The Morgan fingerprint density at radius 1 is 1.10 bits per heavy atom. The summed E-state index contributed by atoms with van der Waals surface area (Å²) in [6.07, 6.45) is 0. The van der Waals surface area contributed by atoms with Gasteiger partial charge in [0, 0.05) is 16.7 Å². The summed E-state index contributed by atoms with van der Waals surface area (Å²) >= 11 is 1.86. The van der Waals surface area contributed by atoms with Crippen LogP contribution >= 0.6 is 11.8 Å². The van der Waals surface area contributed by atoms with Crippen LogP contribution in [0, 0.1) is 0 Å². The van der Waals surface area contributed by atoms with Gasteiger partial charge < -0.3 is 10.1 Å². The Balaban J connectivity index is 2.02. The molecule has 2 nitrogen and oxygen atoms in total. The first kappa shape index (κ1) is 14.9. The van der Waals surface area contributed by atoms with Crippen LogP contribution in [0.25, 0.3) is 0 Å². The van der Waals surface area contributed by atoms with Crippen LogP contribution in [-0.4, -0.2) is 19.4 Å². The van der Waals surface area contributed by atoms with Crippen LogP contribution in [0.1, 0.15) is 18.5 Å². The third-order valence-corrected chi connectivity index (χ3v) is 4.19. The molecule has 3 heteroatoms. The Labute approximate surface area is 125 Å². The van der Waals surface area contributed by atoms with Crippen molar-refractivity contribution in [3.63, 3.8) is 0 Å². The predicted molar refractivity (Wildman–Crippen MR) is 86.6 cm³/mol. The number of nitrogens with one attached hydrogen (secondary N) is 1. The van der Waals surface area contributed by atoms with Crippen molar-refractivity contribution in [3.8, 4) is 5.75 Å². The van der Waals surface area contributed by atoms with Gasteiger partial charge in [0.1, 0.15) is 5.75 Å².